The Labute approximate surface area is 116 Å². The lowest BCUT2D eigenvalue weighted by Gasteiger charge is -2.17. The third-order valence-corrected chi connectivity index (χ3v) is 4.27. The highest BCUT2D eigenvalue weighted by Crippen LogP contribution is 2.39. The first-order valence-corrected chi connectivity index (χ1v) is 8.10. The fourth-order valence-corrected chi connectivity index (χ4v) is 2.13. The molecule has 0 heterocycles. The molecule has 106 valence electrons. The monoisotopic (exact) mass is 306 g/mol. The molecule has 0 aliphatic rings. The number of carbonyl (C=O) groups excluding carboxylic acids is 1. The second-order valence-corrected chi connectivity index (χ2v) is 7.06. The molecule has 0 aliphatic heterocycles. The second-order valence-electron chi connectivity index (χ2n) is 3.94. The van der Waals surface area contributed by atoms with Gasteiger partial charge in [0.15, 0.2) is 0 Å². The van der Waals surface area contributed by atoms with Gasteiger partial charge in [0.2, 0.25) is 7.37 Å². The largest absolute Gasteiger partial charge is 0.331 e. The molecular formula is C11H16ClN2O4P. The van der Waals surface area contributed by atoms with Crippen LogP contribution in [0.15, 0.2) is 24.3 Å². The van der Waals surface area contributed by atoms with Crippen LogP contribution in [-0.2, 0) is 13.9 Å². The zero-order valence-corrected chi connectivity index (χ0v) is 12.3. The minimum atomic E-state index is -2.73. The Balaban J connectivity index is 2.55. The number of para-hydroxylation sites is 1. The molecule has 2 N–H and O–H groups in total. The standard InChI is InChI=1S/C11H16ClN2O4P/c1-18-19(2,17)8-13-7-11(15)14(16)10-6-4-3-5-9(10)12/h3-6,13,16H,7-8H2,1-2H3. The summed E-state index contributed by atoms with van der Waals surface area (Å²) >= 11 is 5.85. The number of hydrogen-bond donors (Lipinski definition) is 2. The fourth-order valence-electron chi connectivity index (χ4n) is 1.26. The summed E-state index contributed by atoms with van der Waals surface area (Å²) in [6, 6.07) is 6.41. The maximum Gasteiger partial charge on any atom is 0.264 e. The van der Waals surface area contributed by atoms with E-state index in [2.05, 4.69) is 5.32 Å². The van der Waals surface area contributed by atoms with Crippen LogP contribution in [0, 0.1) is 0 Å². The van der Waals surface area contributed by atoms with Crippen molar-refractivity contribution >= 4 is 30.6 Å². The van der Waals surface area contributed by atoms with Crippen molar-refractivity contribution in [3.63, 3.8) is 0 Å². The topological polar surface area (TPSA) is 78.9 Å². The van der Waals surface area contributed by atoms with E-state index < -0.39 is 13.3 Å². The fraction of sp³-hybridized carbons (Fsp3) is 0.364. The van der Waals surface area contributed by atoms with Gasteiger partial charge in [-0.3, -0.25) is 19.9 Å². The molecule has 1 aromatic carbocycles. The molecule has 0 fully saturated rings. The van der Waals surface area contributed by atoms with Crippen LogP contribution < -0.4 is 10.4 Å². The molecule has 0 saturated heterocycles. The van der Waals surface area contributed by atoms with Crippen molar-refractivity contribution in [3.05, 3.63) is 29.3 Å². The summed E-state index contributed by atoms with van der Waals surface area (Å²) in [4.78, 5) is 11.7. The Morgan fingerprint density at radius 1 is 1.53 bits per heavy atom. The number of halogens is 1. The number of nitrogens with zero attached hydrogens (tertiary/aromatic N) is 1. The van der Waals surface area contributed by atoms with Crippen molar-refractivity contribution in [2.45, 2.75) is 0 Å². The average Bonchev–Trinajstić information content (AvgIpc) is 2.38. The molecule has 0 aliphatic carbocycles. The smallest absolute Gasteiger partial charge is 0.264 e. The Bertz CT molecular complexity index is 497. The first-order valence-electron chi connectivity index (χ1n) is 5.47. The molecule has 1 rings (SSSR count). The van der Waals surface area contributed by atoms with Crippen molar-refractivity contribution in [1.29, 1.82) is 0 Å². The summed E-state index contributed by atoms with van der Waals surface area (Å²) in [6.45, 7) is 1.28. The Hall–Kier alpha value is -0.910. The third-order valence-electron chi connectivity index (χ3n) is 2.38. The number of amides is 1. The lowest BCUT2D eigenvalue weighted by Crippen LogP contribution is -2.36. The van der Waals surface area contributed by atoms with Crippen LogP contribution in [0.4, 0.5) is 5.69 Å². The van der Waals surface area contributed by atoms with Crippen molar-refractivity contribution in [2.75, 3.05) is 31.7 Å². The Kier molecular flexibility index (Phi) is 5.97. The van der Waals surface area contributed by atoms with E-state index in [1.807, 2.05) is 0 Å². The van der Waals surface area contributed by atoms with E-state index in [1.165, 1.54) is 19.8 Å². The van der Waals surface area contributed by atoms with Crippen molar-refractivity contribution in [2.24, 2.45) is 0 Å². The van der Waals surface area contributed by atoms with Crippen LogP contribution in [-0.4, -0.2) is 37.7 Å². The van der Waals surface area contributed by atoms with Gasteiger partial charge in [-0.2, -0.15) is 5.06 Å². The molecule has 8 heteroatoms. The maximum absolute atomic E-state index is 11.7. The molecule has 0 aromatic heterocycles. The number of hydroxylamine groups is 1. The Morgan fingerprint density at radius 3 is 2.74 bits per heavy atom. The third kappa shape index (κ3) is 4.93. The lowest BCUT2D eigenvalue weighted by molar-refractivity contribution is -0.122. The van der Waals surface area contributed by atoms with Crippen molar-refractivity contribution in [1.82, 2.24) is 5.32 Å². The first-order chi connectivity index (χ1) is 8.87. The van der Waals surface area contributed by atoms with Crippen LogP contribution in [0.3, 0.4) is 0 Å². The predicted octanol–water partition coefficient (Wildman–Crippen LogP) is 2.16. The summed E-state index contributed by atoms with van der Waals surface area (Å²) in [6.07, 6.45) is 0.0472. The van der Waals surface area contributed by atoms with Gasteiger partial charge in [-0.1, -0.05) is 23.7 Å². The molecule has 0 radical (unpaired) electrons. The second kappa shape index (κ2) is 7.03. The summed E-state index contributed by atoms with van der Waals surface area (Å²) in [5.74, 6) is -0.607. The number of benzene rings is 1. The van der Waals surface area contributed by atoms with E-state index in [9.17, 15) is 14.6 Å². The number of hydrogen-bond acceptors (Lipinski definition) is 5. The zero-order valence-electron chi connectivity index (χ0n) is 10.7. The molecule has 6 nitrogen and oxygen atoms in total. The van der Waals surface area contributed by atoms with Crippen LogP contribution in [0.5, 0.6) is 0 Å². The number of carbonyl (C=O) groups is 1. The van der Waals surface area contributed by atoms with E-state index in [4.69, 9.17) is 16.1 Å². The number of nitrogens with one attached hydrogen (secondary N) is 1. The van der Waals surface area contributed by atoms with Gasteiger partial charge >= 0.3 is 0 Å². The van der Waals surface area contributed by atoms with Crippen molar-refractivity contribution in [3.8, 4) is 0 Å². The van der Waals surface area contributed by atoms with E-state index in [-0.39, 0.29) is 23.5 Å². The minimum Gasteiger partial charge on any atom is -0.331 e. The van der Waals surface area contributed by atoms with Gasteiger partial charge < -0.3 is 4.52 Å². The van der Waals surface area contributed by atoms with E-state index >= 15 is 0 Å². The average molecular weight is 307 g/mol. The number of rotatable bonds is 6. The molecule has 19 heavy (non-hydrogen) atoms. The summed E-state index contributed by atoms with van der Waals surface area (Å²) in [5.41, 5.74) is 0.197. The van der Waals surface area contributed by atoms with E-state index in [0.29, 0.717) is 5.06 Å². The van der Waals surface area contributed by atoms with Crippen molar-refractivity contribution < 1.29 is 19.1 Å². The lowest BCUT2D eigenvalue weighted by atomic mass is 10.3. The molecule has 1 atom stereocenters. The summed E-state index contributed by atoms with van der Waals surface area (Å²) < 4.78 is 16.3. The zero-order chi connectivity index (χ0) is 14.5. The molecule has 0 spiro atoms. The van der Waals surface area contributed by atoms with E-state index in [1.54, 1.807) is 18.2 Å². The van der Waals surface area contributed by atoms with Gasteiger partial charge in [0.1, 0.15) is 0 Å². The summed E-state index contributed by atoms with van der Waals surface area (Å²) in [5, 5.41) is 13.1. The molecule has 1 unspecified atom stereocenters. The molecule has 1 amide bonds. The molecular weight excluding hydrogens is 291 g/mol. The highest BCUT2D eigenvalue weighted by atomic mass is 35.5. The quantitative estimate of drug-likeness (QED) is 0.478. The molecule has 0 saturated carbocycles. The number of anilines is 1. The SMILES string of the molecule is COP(C)(=O)CNCC(=O)N(O)c1ccccc1Cl. The highest BCUT2D eigenvalue weighted by Gasteiger charge is 2.18. The summed E-state index contributed by atoms with van der Waals surface area (Å²) in [7, 11) is -1.39. The van der Waals surface area contributed by atoms with Crippen LogP contribution >= 0.6 is 19.0 Å². The van der Waals surface area contributed by atoms with Gasteiger partial charge in [-0.15, -0.1) is 0 Å². The Morgan fingerprint density at radius 2 is 2.16 bits per heavy atom. The normalized spacial score (nSPS) is 13.9. The van der Waals surface area contributed by atoms with Gasteiger partial charge in [-0.05, 0) is 12.1 Å². The molecule has 0 bridgehead atoms. The molecule has 1 aromatic rings. The van der Waals surface area contributed by atoms with Crippen LogP contribution in [0.2, 0.25) is 5.02 Å². The van der Waals surface area contributed by atoms with Gasteiger partial charge in [0.05, 0.1) is 23.5 Å². The minimum absolute atomic E-state index is 0.0472. The van der Waals surface area contributed by atoms with Gasteiger partial charge in [0, 0.05) is 13.8 Å². The van der Waals surface area contributed by atoms with Crippen LogP contribution in [0.25, 0.3) is 0 Å². The van der Waals surface area contributed by atoms with E-state index in [0.717, 1.165) is 0 Å². The highest BCUT2D eigenvalue weighted by molar-refractivity contribution is 7.58. The first kappa shape index (κ1) is 16.1. The maximum atomic E-state index is 11.7. The van der Waals surface area contributed by atoms with Gasteiger partial charge in [-0.25, -0.2) is 0 Å². The van der Waals surface area contributed by atoms with Gasteiger partial charge in [0.25, 0.3) is 5.91 Å². The van der Waals surface area contributed by atoms with Crippen LogP contribution in [0.1, 0.15) is 0 Å². The predicted molar refractivity (Wildman–Crippen MR) is 74.1 cm³/mol.